The fraction of sp³-hybridized carbons (Fsp3) is 0.440. The fourth-order valence-corrected chi connectivity index (χ4v) is 5.18. The highest BCUT2D eigenvalue weighted by Gasteiger charge is 2.32. The van der Waals surface area contributed by atoms with Crippen LogP contribution in [-0.4, -0.2) is 50.5 Å². The average molecular weight is 543 g/mol. The van der Waals surface area contributed by atoms with Gasteiger partial charge in [0.1, 0.15) is 12.6 Å². The van der Waals surface area contributed by atoms with E-state index in [0.717, 1.165) is 22.5 Å². The topological polar surface area (TPSA) is 86.8 Å². The van der Waals surface area contributed by atoms with Crippen LogP contribution in [0.15, 0.2) is 42.5 Å². The summed E-state index contributed by atoms with van der Waals surface area (Å²) in [5.74, 6) is -0.846. The number of carbonyl (C=O) groups excluding carboxylic acids is 2. The van der Waals surface area contributed by atoms with Crippen molar-refractivity contribution in [2.45, 2.75) is 52.6 Å². The van der Waals surface area contributed by atoms with Crippen LogP contribution < -0.4 is 9.62 Å². The van der Waals surface area contributed by atoms with E-state index in [1.54, 1.807) is 37.3 Å². The summed E-state index contributed by atoms with van der Waals surface area (Å²) in [5, 5.41) is 3.55. The number of aryl methyl sites for hydroxylation is 1. The monoisotopic (exact) mass is 541 g/mol. The number of rotatable bonds is 12. The number of nitrogens with zero attached hydrogens (tertiary/aromatic N) is 2. The molecule has 192 valence electrons. The van der Waals surface area contributed by atoms with Crippen molar-refractivity contribution < 1.29 is 18.0 Å². The van der Waals surface area contributed by atoms with Gasteiger partial charge in [0.05, 0.1) is 11.9 Å². The number of amides is 2. The number of para-hydroxylation sites is 1. The molecule has 1 N–H and O–H groups in total. The summed E-state index contributed by atoms with van der Waals surface area (Å²) in [6, 6.07) is 11.2. The molecule has 2 rings (SSSR count). The highest BCUT2D eigenvalue weighted by atomic mass is 35.5. The van der Waals surface area contributed by atoms with Crippen LogP contribution >= 0.6 is 23.2 Å². The van der Waals surface area contributed by atoms with Crippen molar-refractivity contribution in [1.82, 2.24) is 10.2 Å². The predicted octanol–water partition coefficient (Wildman–Crippen LogP) is 4.66. The van der Waals surface area contributed by atoms with E-state index in [2.05, 4.69) is 5.32 Å². The second kappa shape index (κ2) is 13.1. The Kier molecular flexibility index (Phi) is 10.9. The van der Waals surface area contributed by atoms with Gasteiger partial charge < -0.3 is 10.2 Å². The molecule has 35 heavy (non-hydrogen) atoms. The van der Waals surface area contributed by atoms with E-state index in [-0.39, 0.29) is 12.5 Å². The molecule has 0 aromatic heterocycles. The molecule has 0 saturated carbocycles. The summed E-state index contributed by atoms with van der Waals surface area (Å²) in [4.78, 5) is 28.1. The zero-order valence-electron chi connectivity index (χ0n) is 20.6. The minimum absolute atomic E-state index is 0.0393. The van der Waals surface area contributed by atoms with E-state index < -0.39 is 28.5 Å². The van der Waals surface area contributed by atoms with Crippen LogP contribution in [0, 0.1) is 0 Å². The molecule has 0 unspecified atom stereocenters. The molecule has 10 heteroatoms. The van der Waals surface area contributed by atoms with Crippen LogP contribution in [0.1, 0.15) is 44.7 Å². The van der Waals surface area contributed by atoms with E-state index in [1.807, 2.05) is 26.0 Å². The lowest BCUT2D eigenvalue weighted by Crippen LogP contribution is -2.52. The Hall–Kier alpha value is -2.29. The molecule has 1 atom stereocenters. The first kappa shape index (κ1) is 28.9. The van der Waals surface area contributed by atoms with Gasteiger partial charge in [0.2, 0.25) is 21.8 Å². The Morgan fingerprint density at radius 3 is 2.17 bits per heavy atom. The van der Waals surface area contributed by atoms with Gasteiger partial charge in [0, 0.05) is 28.7 Å². The highest BCUT2D eigenvalue weighted by Crippen LogP contribution is 2.28. The van der Waals surface area contributed by atoms with Gasteiger partial charge in [-0.25, -0.2) is 8.42 Å². The third-order valence-electron chi connectivity index (χ3n) is 5.65. The first-order valence-corrected chi connectivity index (χ1v) is 14.2. The maximum absolute atomic E-state index is 13.7. The Bertz CT molecular complexity index is 1120. The first-order valence-electron chi connectivity index (χ1n) is 11.6. The molecule has 0 fully saturated rings. The number of carbonyl (C=O) groups is 2. The Balaban J connectivity index is 2.52. The van der Waals surface area contributed by atoms with Gasteiger partial charge in [0.25, 0.3) is 0 Å². The van der Waals surface area contributed by atoms with Gasteiger partial charge in [-0.2, -0.15) is 0 Å². The lowest BCUT2D eigenvalue weighted by Gasteiger charge is -2.33. The quantitative estimate of drug-likeness (QED) is 0.423. The molecule has 0 heterocycles. The molecule has 2 aromatic rings. The molecule has 0 radical (unpaired) electrons. The minimum atomic E-state index is -3.80. The lowest BCUT2D eigenvalue weighted by molar-refractivity contribution is -0.140. The molecular weight excluding hydrogens is 509 g/mol. The smallest absolute Gasteiger partial charge is 0.244 e. The molecule has 0 aliphatic rings. The van der Waals surface area contributed by atoms with Crippen molar-refractivity contribution in [3.8, 4) is 0 Å². The van der Waals surface area contributed by atoms with Crippen LogP contribution in [0.5, 0.6) is 0 Å². The normalized spacial score (nSPS) is 12.2. The molecule has 2 amide bonds. The number of anilines is 1. The highest BCUT2D eigenvalue weighted by molar-refractivity contribution is 7.92. The Morgan fingerprint density at radius 2 is 1.63 bits per heavy atom. The molecule has 0 spiro atoms. The number of sulfonamides is 1. The molecule has 2 aromatic carbocycles. The van der Waals surface area contributed by atoms with E-state index in [4.69, 9.17) is 23.2 Å². The number of hydrogen-bond donors (Lipinski definition) is 1. The first-order chi connectivity index (χ1) is 16.5. The Morgan fingerprint density at radius 1 is 1.00 bits per heavy atom. The van der Waals surface area contributed by atoms with Gasteiger partial charge >= 0.3 is 0 Å². The summed E-state index contributed by atoms with van der Waals surface area (Å²) in [6.45, 7) is 5.60. The van der Waals surface area contributed by atoms with Crippen molar-refractivity contribution >= 4 is 50.7 Å². The largest absolute Gasteiger partial charge is 0.354 e. The van der Waals surface area contributed by atoms with E-state index in [1.165, 1.54) is 4.90 Å². The zero-order chi connectivity index (χ0) is 26.2. The van der Waals surface area contributed by atoms with Gasteiger partial charge in [-0.1, -0.05) is 68.2 Å². The minimum Gasteiger partial charge on any atom is -0.354 e. The van der Waals surface area contributed by atoms with Crippen molar-refractivity contribution in [3.05, 3.63) is 63.6 Å². The summed E-state index contributed by atoms with van der Waals surface area (Å²) < 4.78 is 26.6. The van der Waals surface area contributed by atoms with Crippen LogP contribution in [0.4, 0.5) is 5.69 Å². The molecule has 0 aliphatic carbocycles. The van der Waals surface area contributed by atoms with Gasteiger partial charge in [-0.15, -0.1) is 0 Å². The van der Waals surface area contributed by atoms with Crippen molar-refractivity contribution in [1.29, 1.82) is 0 Å². The SMILES string of the molecule is CCCNC(=O)[C@@H](CC)N(Cc1c(Cl)cccc1Cl)C(=O)CN(c1ccccc1CC)S(C)(=O)=O. The lowest BCUT2D eigenvalue weighted by atomic mass is 10.1. The summed E-state index contributed by atoms with van der Waals surface area (Å²) >= 11 is 12.7. The Labute approximate surface area is 218 Å². The number of hydrogen-bond acceptors (Lipinski definition) is 4. The molecular formula is C25H33Cl2N3O4S. The van der Waals surface area contributed by atoms with Crippen LogP contribution in [0.3, 0.4) is 0 Å². The van der Waals surface area contributed by atoms with Crippen molar-refractivity contribution in [2.24, 2.45) is 0 Å². The van der Waals surface area contributed by atoms with Gasteiger partial charge in [-0.3, -0.25) is 13.9 Å². The molecule has 7 nitrogen and oxygen atoms in total. The molecule has 0 saturated heterocycles. The van der Waals surface area contributed by atoms with Gasteiger partial charge in [-0.05, 0) is 43.0 Å². The van der Waals surface area contributed by atoms with Crippen LogP contribution in [0.2, 0.25) is 10.0 Å². The summed E-state index contributed by atoms with van der Waals surface area (Å²) in [7, 11) is -3.80. The molecule has 0 bridgehead atoms. The van der Waals surface area contributed by atoms with Crippen LogP contribution in [-0.2, 0) is 32.6 Å². The number of halogens is 2. The summed E-state index contributed by atoms with van der Waals surface area (Å²) in [6.07, 6.45) is 2.72. The molecule has 0 aliphatic heterocycles. The third-order valence-corrected chi connectivity index (χ3v) is 7.48. The number of benzene rings is 2. The average Bonchev–Trinajstić information content (AvgIpc) is 2.81. The standard InChI is InChI=1S/C25H33Cl2N3O4S/c1-5-15-28-25(32)22(7-3)29(16-19-20(26)12-10-13-21(19)27)24(31)17-30(35(4,33)34)23-14-9-8-11-18(23)6-2/h8-14,22H,5-7,15-17H2,1-4H3,(H,28,32)/t22-/m1/s1. The third kappa shape index (κ3) is 7.59. The van der Waals surface area contributed by atoms with Crippen molar-refractivity contribution in [3.63, 3.8) is 0 Å². The fourth-order valence-electron chi connectivity index (χ4n) is 3.79. The zero-order valence-corrected chi connectivity index (χ0v) is 22.9. The second-order valence-corrected chi connectivity index (χ2v) is 10.9. The number of nitrogens with one attached hydrogen (secondary N) is 1. The van der Waals surface area contributed by atoms with Crippen molar-refractivity contribution in [2.75, 3.05) is 23.7 Å². The predicted molar refractivity (Wildman–Crippen MR) is 142 cm³/mol. The second-order valence-electron chi connectivity index (χ2n) is 8.19. The maximum atomic E-state index is 13.7. The maximum Gasteiger partial charge on any atom is 0.244 e. The van der Waals surface area contributed by atoms with E-state index in [9.17, 15) is 18.0 Å². The van der Waals surface area contributed by atoms with E-state index >= 15 is 0 Å². The van der Waals surface area contributed by atoms with Gasteiger partial charge in [0.15, 0.2) is 0 Å². The van der Waals surface area contributed by atoms with Crippen LogP contribution in [0.25, 0.3) is 0 Å². The van der Waals surface area contributed by atoms with E-state index in [0.29, 0.717) is 40.7 Å². The summed E-state index contributed by atoms with van der Waals surface area (Å²) in [5.41, 5.74) is 1.72.